The maximum absolute atomic E-state index is 12.2. The number of carboxylic acid groups (broad SMARTS) is 1. The molecule has 19 heteroatoms. The van der Waals surface area contributed by atoms with Crippen molar-refractivity contribution in [1.82, 2.24) is 4.98 Å². The van der Waals surface area contributed by atoms with Crippen molar-refractivity contribution in [3.05, 3.63) is 187 Å². The molecule has 0 radical (unpaired) electrons. The lowest BCUT2D eigenvalue weighted by Crippen LogP contribution is -2.20. The Hall–Kier alpha value is -9.91. The van der Waals surface area contributed by atoms with Crippen LogP contribution in [-0.4, -0.2) is 93.9 Å². The second-order valence-electron chi connectivity index (χ2n) is 14.8. The number of amides is 4. The van der Waals surface area contributed by atoms with E-state index in [-0.39, 0.29) is 49.0 Å². The molecule has 376 valence electrons. The molecule has 0 fully saturated rings. The van der Waals surface area contributed by atoms with E-state index in [9.17, 15) is 28.8 Å². The van der Waals surface area contributed by atoms with Gasteiger partial charge in [0, 0.05) is 28.8 Å². The predicted octanol–water partition coefficient (Wildman–Crippen LogP) is 8.27. The highest BCUT2D eigenvalue weighted by molar-refractivity contribution is 6.04. The number of carbonyl (C=O) groups is 6. The third kappa shape index (κ3) is 18.8. The summed E-state index contributed by atoms with van der Waals surface area (Å²) in [5, 5.41) is 19.6. The first-order valence-electron chi connectivity index (χ1n) is 21.9. The number of esters is 1. The van der Waals surface area contributed by atoms with Crippen molar-refractivity contribution in [3.8, 4) is 34.5 Å². The van der Waals surface area contributed by atoms with Crippen LogP contribution in [0.3, 0.4) is 0 Å². The van der Waals surface area contributed by atoms with Gasteiger partial charge in [0.2, 0.25) is 0 Å². The molecule has 6 aromatic carbocycles. The maximum atomic E-state index is 12.2. The number of hydrogen-bond acceptors (Lipinski definition) is 14. The molecule has 0 spiro atoms. The van der Waals surface area contributed by atoms with Crippen molar-refractivity contribution in [2.45, 2.75) is 0 Å². The monoisotopic (exact) mass is 993 g/mol. The van der Waals surface area contributed by atoms with Crippen molar-refractivity contribution in [2.75, 3.05) is 69.5 Å². The van der Waals surface area contributed by atoms with Crippen LogP contribution in [0.1, 0.15) is 31.1 Å². The van der Waals surface area contributed by atoms with Gasteiger partial charge in [-0.25, -0.2) is 9.59 Å². The fraction of sp³-hybridized carbons (Fsp3) is 0.130. The number of hydrogen-bond donors (Lipinski definition) is 5. The number of nitrogens with one attached hydrogen (secondary N) is 4. The van der Waals surface area contributed by atoms with Crippen LogP contribution in [0, 0.1) is 0 Å². The van der Waals surface area contributed by atoms with Gasteiger partial charge in [0.15, 0.2) is 19.8 Å². The predicted molar refractivity (Wildman–Crippen MR) is 271 cm³/mol. The molecule has 0 bridgehead atoms. The molecular formula is C54H51N5O14. The molecule has 1 heterocycles. The number of rotatable bonds is 19. The molecule has 0 atom stereocenters. The first kappa shape index (κ1) is 54.0. The summed E-state index contributed by atoms with van der Waals surface area (Å²) in [6.07, 6.45) is 3.20. The number of carbonyl (C=O) groups excluding carboxylic acids is 5. The molecule has 0 aliphatic heterocycles. The number of carboxylic acids is 1. The second-order valence-corrected chi connectivity index (χ2v) is 14.8. The van der Waals surface area contributed by atoms with Crippen molar-refractivity contribution >= 4 is 58.3 Å². The lowest BCUT2D eigenvalue weighted by Gasteiger charge is -2.09. The van der Waals surface area contributed by atoms with E-state index in [1.807, 2.05) is 0 Å². The number of aromatic nitrogens is 1. The van der Waals surface area contributed by atoms with Gasteiger partial charge in [-0.2, -0.15) is 0 Å². The van der Waals surface area contributed by atoms with E-state index in [0.29, 0.717) is 68.4 Å². The summed E-state index contributed by atoms with van der Waals surface area (Å²) in [4.78, 5) is 73.7. The van der Waals surface area contributed by atoms with E-state index in [2.05, 4.69) is 31.0 Å². The quantitative estimate of drug-likeness (QED) is 0.0479. The molecule has 0 saturated heterocycles. The number of ether oxygens (including phenoxy) is 7. The van der Waals surface area contributed by atoms with E-state index in [0.717, 1.165) is 0 Å². The molecule has 73 heavy (non-hydrogen) atoms. The Balaban J connectivity index is 0.000000205. The number of methoxy groups -OCH3 is 4. The van der Waals surface area contributed by atoms with Crippen LogP contribution in [0.2, 0.25) is 0 Å². The number of nitrogens with zero attached hydrogens (tertiary/aromatic N) is 1. The van der Waals surface area contributed by atoms with Crippen molar-refractivity contribution < 1.29 is 67.0 Å². The van der Waals surface area contributed by atoms with Crippen LogP contribution >= 0.6 is 0 Å². The number of anilines is 4. The number of benzene rings is 6. The Morgan fingerprint density at radius 1 is 0.411 bits per heavy atom. The molecule has 0 unspecified atom stereocenters. The van der Waals surface area contributed by atoms with Gasteiger partial charge in [0.25, 0.3) is 23.6 Å². The Morgan fingerprint density at radius 2 is 0.753 bits per heavy atom. The minimum Gasteiger partial charge on any atom is -0.497 e. The van der Waals surface area contributed by atoms with Crippen LogP contribution in [0.15, 0.2) is 170 Å². The van der Waals surface area contributed by atoms with Crippen molar-refractivity contribution in [1.29, 1.82) is 0 Å². The van der Waals surface area contributed by atoms with Gasteiger partial charge < -0.3 is 59.5 Å². The smallest absolute Gasteiger partial charge is 0.337 e. The van der Waals surface area contributed by atoms with Crippen LogP contribution in [0.4, 0.5) is 22.7 Å². The molecule has 4 amide bonds. The summed E-state index contributed by atoms with van der Waals surface area (Å²) in [5.41, 5.74) is 3.60. The van der Waals surface area contributed by atoms with E-state index >= 15 is 0 Å². The lowest BCUT2D eigenvalue weighted by atomic mass is 10.2. The molecule has 5 N–H and O–H groups in total. The summed E-state index contributed by atoms with van der Waals surface area (Å²) in [6.45, 7) is -0.449. The van der Waals surface area contributed by atoms with Crippen molar-refractivity contribution in [3.63, 3.8) is 0 Å². The standard InChI is InChI=1S/C21H19N3O4.C17H17NO5.C16H15NO5/c1-27-18-10-6-16(7-11-18)23-20(25)14-28-19-8-4-15(5-9-19)21(26)24-17-3-2-12-22-13-17;1-21-14-9-5-13(6-10-14)18-16(19)11-23-15-7-3-12(4-8-15)17(20)22-2;1-21-13-8-4-12(5-9-13)17-15(18)10-22-14-6-2-11(3-7-14)16(19)20/h2-13H,14H2,1H3,(H,23,25)(H,24,26);3-10H,11H2,1-2H3,(H,18,19);2-9H,10H2,1H3,(H,17,18)(H,19,20). The zero-order chi connectivity index (χ0) is 52.4. The topological polar surface area (TPSA) is 248 Å². The molecule has 0 aliphatic rings. The number of aromatic carboxylic acids is 1. The summed E-state index contributed by atoms with van der Waals surface area (Å²) < 4.78 is 35.9. The minimum absolute atomic E-state index is 0.135. The van der Waals surface area contributed by atoms with Crippen LogP contribution in [0.25, 0.3) is 0 Å². The highest BCUT2D eigenvalue weighted by atomic mass is 16.5. The Labute approximate surface area is 420 Å². The van der Waals surface area contributed by atoms with E-state index in [1.54, 1.807) is 167 Å². The SMILES string of the molecule is COC(=O)c1ccc(OCC(=O)Nc2ccc(OC)cc2)cc1.COc1ccc(NC(=O)COc2ccc(C(=O)Nc3cccnc3)cc2)cc1.COc1ccc(NC(=O)COc2ccc(C(=O)O)cc2)cc1. The molecule has 0 saturated carbocycles. The summed E-state index contributed by atoms with van der Waals surface area (Å²) in [5.74, 6) is 0.956. The average Bonchev–Trinajstić information content (AvgIpc) is 3.42. The van der Waals surface area contributed by atoms with Crippen LogP contribution in [-0.2, 0) is 19.1 Å². The fourth-order valence-electron chi connectivity index (χ4n) is 5.90. The third-order valence-corrected chi connectivity index (χ3v) is 9.64. The fourth-order valence-corrected chi connectivity index (χ4v) is 5.90. The maximum Gasteiger partial charge on any atom is 0.337 e. The average molecular weight is 994 g/mol. The summed E-state index contributed by atoms with van der Waals surface area (Å²) >= 11 is 0. The number of pyridine rings is 1. The molecule has 7 aromatic rings. The molecule has 19 nitrogen and oxygen atoms in total. The Morgan fingerprint density at radius 3 is 1.07 bits per heavy atom. The first-order valence-corrected chi connectivity index (χ1v) is 21.9. The van der Waals surface area contributed by atoms with Gasteiger partial charge in [-0.1, -0.05) is 0 Å². The van der Waals surface area contributed by atoms with Crippen LogP contribution in [0.5, 0.6) is 34.5 Å². The van der Waals surface area contributed by atoms with Crippen molar-refractivity contribution in [2.24, 2.45) is 0 Å². The largest absolute Gasteiger partial charge is 0.497 e. The normalized spacial score (nSPS) is 9.92. The highest BCUT2D eigenvalue weighted by Gasteiger charge is 2.11. The van der Waals surface area contributed by atoms with Gasteiger partial charge in [0.1, 0.15) is 34.5 Å². The van der Waals surface area contributed by atoms with Gasteiger partial charge in [-0.05, 0) is 158 Å². The third-order valence-electron chi connectivity index (χ3n) is 9.64. The molecule has 0 aliphatic carbocycles. The highest BCUT2D eigenvalue weighted by Crippen LogP contribution is 2.20. The Kier molecular flexibility index (Phi) is 21.1. The van der Waals surface area contributed by atoms with E-state index in [4.69, 9.17) is 33.5 Å². The zero-order valence-corrected chi connectivity index (χ0v) is 40.0. The molecular weight excluding hydrogens is 943 g/mol. The molecule has 7 rings (SSSR count). The second kappa shape index (κ2) is 28.6. The van der Waals surface area contributed by atoms with Crippen LogP contribution < -0.4 is 49.7 Å². The molecule has 1 aromatic heterocycles. The van der Waals surface area contributed by atoms with Gasteiger partial charge in [-0.3, -0.25) is 24.2 Å². The summed E-state index contributed by atoms with van der Waals surface area (Å²) in [6, 6.07) is 43.1. The van der Waals surface area contributed by atoms with E-state index in [1.165, 1.54) is 31.4 Å². The van der Waals surface area contributed by atoms with Gasteiger partial charge in [-0.15, -0.1) is 0 Å². The lowest BCUT2D eigenvalue weighted by molar-refractivity contribution is -0.118. The van der Waals surface area contributed by atoms with Gasteiger partial charge >= 0.3 is 11.9 Å². The summed E-state index contributed by atoms with van der Waals surface area (Å²) in [7, 11) is 6.04. The van der Waals surface area contributed by atoms with Gasteiger partial charge in [0.05, 0.1) is 51.5 Å². The first-order chi connectivity index (χ1) is 35.3. The Bertz CT molecular complexity index is 2870. The zero-order valence-electron chi connectivity index (χ0n) is 40.0. The van der Waals surface area contributed by atoms with E-state index < -0.39 is 11.9 Å². The minimum atomic E-state index is -1.01.